The number of benzene rings is 4. The minimum Gasteiger partial charge on any atom is -0.495 e. The predicted molar refractivity (Wildman–Crippen MR) is 173 cm³/mol. The lowest BCUT2D eigenvalue weighted by atomic mass is 10.0. The van der Waals surface area contributed by atoms with E-state index >= 15 is 0 Å². The molecular formula is C32H24Cl4N2O4. The van der Waals surface area contributed by atoms with E-state index in [0.717, 1.165) is 11.1 Å². The molecule has 0 saturated carbocycles. The first-order valence-electron chi connectivity index (χ1n) is 12.4. The maximum Gasteiger partial charge on any atom is 0.248 e. The molecule has 0 radical (unpaired) electrons. The fourth-order valence-electron chi connectivity index (χ4n) is 3.90. The van der Waals surface area contributed by atoms with Gasteiger partial charge in [0.1, 0.15) is 11.5 Å². The molecule has 0 atom stereocenters. The van der Waals surface area contributed by atoms with Gasteiger partial charge in [-0.1, -0.05) is 70.7 Å². The average Bonchev–Trinajstić information content (AvgIpc) is 2.96. The smallest absolute Gasteiger partial charge is 0.248 e. The summed E-state index contributed by atoms with van der Waals surface area (Å²) in [4.78, 5) is 25.1. The highest BCUT2D eigenvalue weighted by Gasteiger charge is 2.12. The third kappa shape index (κ3) is 8.08. The number of halogens is 4. The molecule has 4 rings (SSSR count). The summed E-state index contributed by atoms with van der Waals surface area (Å²) in [5, 5.41) is 7.52. The van der Waals surface area contributed by atoms with Crippen LogP contribution in [0.4, 0.5) is 11.4 Å². The van der Waals surface area contributed by atoms with Crippen LogP contribution in [0.2, 0.25) is 20.1 Å². The number of hydrogen-bond donors (Lipinski definition) is 2. The molecule has 0 aliphatic carbocycles. The maximum absolute atomic E-state index is 12.6. The van der Waals surface area contributed by atoms with Crippen molar-refractivity contribution in [3.63, 3.8) is 0 Å². The second-order valence-corrected chi connectivity index (χ2v) is 10.5. The molecule has 214 valence electrons. The first kappa shape index (κ1) is 31.0. The summed E-state index contributed by atoms with van der Waals surface area (Å²) in [6.07, 6.45) is 5.95. The average molecular weight is 642 g/mol. The van der Waals surface area contributed by atoms with Gasteiger partial charge in [-0.25, -0.2) is 0 Å². The Morgan fingerprint density at radius 1 is 0.595 bits per heavy atom. The van der Waals surface area contributed by atoms with Crippen LogP contribution in [0.5, 0.6) is 11.5 Å². The number of carbonyl (C=O) groups is 2. The number of nitrogens with one attached hydrogen (secondary N) is 2. The van der Waals surface area contributed by atoms with E-state index in [1.807, 2.05) is 12.1 Å². The Morgan fingerprint density at radius 3 is 1.36 bits per heavy atom. The number of rotatable bonds is 9. The molecule has 0 aliphatic heterocycles. The molecule has 4 aromatic carbocycles. The molecule has 0 unspecified atom stereocenters. The van der Waals surface area contributed by atoms with E-state index in [4.69, 9.17) is 55.9 Å². The van der Waals surface area contributed by atoms with Gasteiger partial charge >= 0.3 is 0 Å². The predicted octanol–water partition coefficient (Wildman–Crippen LogP) is 9.29. The van der Waals surface area contributed by atoms with Crippen LogP contribution in [0.15, 0.2) is 84.9 Å². The molecule has 0 bridgehead atoms. The number of amides is 2. The highest BCUT2D eigenvalue weighted by atomic mass is 35.5. The third-order valence-corrected chi connectivity index (χ3v) is 7.13. The standard InChI is InChI=1S/C32H24Cl4N2O4/c1-41-29-15-21(5-11-27(29)37-31(39)13-7-19-3-9-23(33)17-25(19)35)22-6-12-28(30(16-22)42-2)38-32(40)14-8-20-4-10-24(34)18-26(20)36/h3-18H,1-2H3,(H,37,39)(H,38,40)/b13-7+,14-8+. The number of methoxy groups -OCH3 is 2. The van der Waals surface area contributed by atoms with Gasteiger partial charge in [0, 0.05) is 32.2 Å². The molecule has 4 aromatic rings. The van der Waals surface area contributed by atoms with Crippen LogP contribution >= 0.6 is 46.4 Å². The van der Waals surface area contributed by atoms with Crippen molar-refractivity contribution in [2.45, 2.75) is 0 Å². The molecular weight excluding hydrogens is 618 g/mol. The minimum atomic E-state index is -0.360. The second-order valence-electron chi connectivity index (χ2n) is 8.81. The van der Waals surface area contributed by atoms with E-state index in [1.165, 1.54) is 26.4 Å². The maximum atomic E-state index is 12.6. The van der Waals surface area contributed by atoms with Crippen LogP contribution in [0, 0.1) is 0 Å². The van der Waals surface area contributed by atoms with Crippen molar-refractivity contribution >= 4 is 81.7 Å². The van der Waals surface area contributed by atoms with Gasteiger partial charge < -0.3 is 20.1 Å². The summed E-state index contributed by atoms with van der Waals surface area (Å²) < 4.78 is 11.1. The first-order chi connectivity index (χ1) is 20.2. The van der Waals surface area contributed by atoms with E-state index in [0.29, 0.717) is 54.1 Å². The quantitative estimate of drug-likeness (QED) is 0.179. The second kappa shape index (κ2) is 14.3. The Kier molecular flexibility index (Phi) is 10.6. The van der Waals surface area contributed by atoms with Gasteiger partial charge in [-0.05, 0) is 82.9 Å². The molecule has 2 amide bonds. The molecule has 0 aliphatic rings. The van der Waals surface area contributed by atoms with Crippen molar-refractivity contribution in [2.75, 3.05) is 24.9 Å². The Bertz CT molecular complexity index is 1580. The molecule has 0 heterocycles. The van der Waals surface area contributed by atoms with E-state index in [2.05, 4.69) is 10.6 Å². The molecule has 2 N–H and O–H groups in total. The van der Waals surface area contributed by atoms with Crippen LogP contribution in [-0.4, -0.2) is 26.0 Å². The van der Waals surface area contributed by atoms with Crippen molar-refractivity contribution in [1.82, 2.24) is 0 Å². The summed E-state index contributed by atoms with van der Waals surface area (Å²) >= 11 is 24.2. The first-order valence-corrected chi connectivity index (χ1v) is 13.9. The molecule has 10 heteroatoms. The molecule has 42 heavy (non-hydrogen) atoms. The molecule has 6 nitrogen and oxygen atoms in total. The summed E-state index contributed by atoms with van der Waals surface area (Å²) in [7, 11) is 3.03. The van der Waals surface area contributed by atoms with Crippen molar-refractivity contribution in [3.05, 3.63) is 116 Å². The van der Waals surface area contributed by atoms with E-state index in [-0.39, 0.29) is 11.8 Å². The summed E-state index contributed by atoms with van der Waals surface area (Å²) in [6, 6.07) is 20.8. The van der Waals surface area contributed by atoms with Gasteiger partial charge in [0.15, 0.2) is 0 Å². The van der Waals surface area contributed by atoms with Crippen LogP contribution in [-0.2, 0) is 9.59 Å². The zero-order chi connectivity index (χ0) is 30.2. The molecule has 0 spiro atoms. The van der Waals surface area contributed by atoms with Gasteiger partial charge in [-0.15, -0.1) is 0 Å². The van der Waals surface area contributed by atoms with Crippen molar-refractivity contribution in [2.24, 2.45) is 0 Å². The SMILES string of the molecule is COc1cc(-c2ccc(NC(=O)/C=C/c3ccc(Cl)cc3Cl)c(OC)c2)ccc1NC(=O)/C=C/c1ccc(Cl)cc1Cl. The highest BCUT2D eigenvalue weighted by molar-refractivity contribution is 6.36. The fraction of sp³-hybridized carbons (Fsp3) is 0.0625. The van der Waals surface area contributed by atoms with Crippen molar-refractivity contribution in [3.8, 4) is 22.6 Å². The van der Waals surface area contributed by atoms with Crippen LogP contribution in [0.3, 0.4) is 0 Å². The number of hydrogen-bond acceptors (Lipinski definition) is 4. The van der Waals surface area contributed by atoms with Crippen LogP contribution < -0.4 is 20.1 Å². The lowest BCUT2D eigenvalue weighted by Crippen LogP contribution is -2.09. The zero-order valence-electron chi connectivity index (χ0n) is 22.4. The zero-order valence-corrected chi connectivity index (χ0v) is 25.4. The lowest BCUT2D eigenvalue weighted by molar-refractivity contribution is -0.112. The lowest BCUT2D eigenvalue weighted by Gasteiger charge is -2.14. The Labute approximate surface area is 263 Å². The minimum absolute atomic E-state index is 0.360. The third-order valence-electron chi connectivity index (χ3n) is 6.01. The number of carbonyl (C=O) groups excluding carboxylic acids is 2. The van der Waals surface area contributed by atoms with Crippen LogP contribution in [0.25, 0.3) is 23.3 Å². The van der Waals surface area contributed by atoms with E-state index in [9.17, 15) is 9.59 Å². The summed E-state index contributed by atoms with van der Waals surface area (Å²) in [6.45, 7) is 0. The van der Waals surface area contributed by atoms with Gasteiger partial charge in [0.25, 0.3) is 0 Å². The fourth-order valence-corrected chi connectivity index (χ4v) is 4.84. The van der Waals surface area contributed by atoms with E-state index < -0.39 is 0 Å². The van der Waals surface area contributed by atoms with Crippen molar-refractivity contribution < 1.29 is 19.1 Å². The van der Waals surface area contributed by atoms with Gasteiger partial charge in [0.05, 0.1) is 25.6 Å². The van der Waals surface area contributed by atoms with E-state index in [1.54, 1.807) is 72.8 Å². The summed E-state index contributed by atoms with van der Waals surface area (Å²) in [5.41, 5.74) is 3.91. The van der Waals surface area contributed by atoms with Gasteiger partial charge in [-0.2, -0.15) is 0 Å². The Balaban J connectivity index is 1.47. The Hall–Kier alpha value is -3.94. The van der Waals surface area contributed by atoms with Gasteiger partial charge in [-0.3, -0.25) is 9.59 Å². The number of anilines is 2. The molecule has 0 fully saturated rings. The highest BCUT2D eigenvalue weighted by Crippen LogP contribution is 2.35. The molecule has 0 saturated heterocycles. The summed E-state index contributed by atoms with van der Waals surface area (Å²) in [5.74, 6) is 0.199. The monoisotopic (exact) mass is 640 g/mol. The van der Waals surface area contributed by atoms with Crippen molar-refractivity contribution in [1.29, 1.82) is 0 Å². The Morgan fingerprint density at radius 2 is 1.00 bits per heavy atom. The molecule has 0 aromatic heterocycles. The van der Waals surface area contributed by atoms with Crippen LogP contribution in [0.1, 0.15) is 11.1 Å². The normalized spacial score (nSPS) is 11.1. The van der Waals surface area contributed by atoms with Gasteiger partial charge in [0.2, 0.25) is 11.8 Å². The largest absolute Gasteiger partial charge is 0.495 e. The topological polar surface area (TPSA) is 76.7 Å². The number of ether oxygens (including phenoxy) is 2.